The summed E-state index contributed by atoms with van der Waals surface area (Å²) in [5.41, 5.74) is 3.74. The molecular formula is C32H32N8O2. The van der Waals surface area contributed by atoms with Crippen LogP contribution >= 0.6 is 0 Å². The third-order valence-corrected chi connectivity index (χ3v) is 7.33. The first-order chi connectivity index (χ1) is 20.6. The molecular weight excluding hydrogens is 528 g/mol. The average Bonchev–Trinajstić information content (AvgIpc) is 3.45. The molecule has 6 aromatic rings. The van der Waals surface area contributed by atoms with Gasteiger partial charge in [-0.05, 0) is 37.1 Å². The maximum Gasteiger partial charge on any atom is 0.222 e. The van der Waals surface area contributed by atoms with E-state index in [1.165, 1.54) is 0 Å². The first-order valence-corrected chi connectivity index (χ1v) is 14.3. The van der Waals surface area contributed by atoms with Crippen molar-refractivity contribution >= 4 is 55.8 Å². The Labute approximate surface area is 242 Å². The highest BCUT2D eigenvalue weighted by Gasteiger charge is 2.18. The van der Waals surface area contributed by atoms with Crippen LogP contribution in [0.25, 0.3) is 32.8 Å². The molecule has 42 heavy (non-hydrogen) atoms. The molecule has 0 aliphatic heterocycles. The molecule has 0 bridgehead atoms. The van der Waals surface area contributed by atoms with Gasteiger partial charge in [0.1, 0.15) is 0 Å². The molecule has 6 rings (SSSR count). The number of para-hydroxylation sites is 4. The fourth-order valence-electron chi connectivity index (χ4n) is 5.14. The largest absolute Gasteiger partial charge is 0.493 e. The molecule has 3 aromatic carbocycles. The molecule has 0 unspecified atom stereocenters. The summed E-state index contributed by atoms with van der Waals surface area (Å²) in [5, 5.41) is 41.6. The number of aromatic hydroxyl groups is 2. The summed E-state index contributed by atoms with van der Waals surface area (Å²) >= 11 is 0. The van der Waals surface area contributed by atoms with E-state index < -0.39 is 0 Å². The molecule has 0 amide bonds. The van der Waals surface area contributed by atoms with Crippen LogP contribution in [0.2, 0.25) is 0 Å². The number of aryl methyl sites for hydroxylation is 2. The van der Waals surface area contributed by atoms with Crippen LogP contribution in [-0.4, -0.2) is 29.3 Å². The van der Waals surface area contributed by atoms with E-state index in [2.05, 4.69) is 44.3 Å². The molecule has 3 heterocycles. The van der Waals surface area contributed by atoms with E-state index in [9.17, 15) is 10.2 Å². The van der Waals surface area contributed by atoms with Crippen molar-refractivity contribution in [1.82, 2.24) is 19.1 Å². The number of aromatic nitrogens is 4. The first-order valence-electron chi connectivity index (χ1n) is 14.3. The summed E-state index contributed by atoms with van der Waals surface area (Å²) in [6, 6.07) is 22.8. The lowest BCUT2D eigenvalue weighted by atomic mass is 10.2. The van der Waals surface area contributed by atoms with Gasteiger partial charge in [-0.3, -0.25) is 0 Å². The standard InChI is InChI=1S/C32H32N8O2/c1-3-5-19-39-25-17-11-7-13-21(25)27(31(39)41)35-37-29-30(34-24-16-10-9-15-23(24)33-29)38-36-28-22-14-8-12-18-26(22)40(32(28)42)20-6-4-2/h7-18,41-42H,3-6,19-20H2,1-2H3. The van der Waals surface area contributed by atoms with Crippen LogP contribution in [0.15, 0.2) is 93.3 Å². The van der Waals surface area contributed by atoms with Crippen LogP contribution in [0.4, 0.5) is 23.0 Å². The molecule has 0 spiro atoms. The second-order valence-corrected chi connectivity index (χ2v) is 10.1. The molecule has 2 N–H and O–H groups in total. The maximum atomic E-state index is 11.1. The van der Waals surface area contributed by atoms with E-state index in [-0.39, 0.29) is 23.4 Å². The average molecular weight is 561 g/mol. The lowest BCUT2D eigenvalue weighted by Gasteiger charge is -2.05. The third-order valence-electron chi connectivity index (χ3n) is 7.33. The molecule has 0 aliphatic rings. The summed E-state index contributed by atoms with van der Waals surface area (Å²) in [5.74, 6) is 0.401. The Morgan fingerprint density at radius 3 is 1.40 bits per heavy atom. The van der Waals surface area contributed by atoms with Crippen LogP contribution < -0.4 is 0 Å². The lowest BCUT2D eigenvalue weighted by molar-refractivity contribution is 0.418. The van der Waals surface area contributed by atoms with Crippen molar-refractivity contribution in [3.63, 3.8) is 0 Å². The fourth-order valence-corrected chi connectivity index (χ4v) is 5.14. The zero-order valence-electron chi connectivity index (χ0n) is 23.6. The molecule has 0 saturated heterocycles. The molecule has 10 nitrogen and oxygen atoms in total. The quantitative estimate of drug-likeness (QED) is 0.162. The summed E-state index contributed by atoms with van der Waals surface area (Å²) in [6.07, 6.45) is 3.84. The number of azo groups is 2. The van der Waals surface area contributed by atoms with E-state index in [4.69, 9.17) is 0 Å². The highest BCUT2D eigenvalue weighted by atomic mass is 16.3. The van der Waals surface area contributed by atoms with Gasteiger partial charge >= 0.3 is 0 Å². The van der Waals surface area contributed by atoms with E-state index in [0.717, 1.165) is 47.5 Å². The van der Waals surface area contributed by atoms with Crippen LogP contribution in [0.1, 0.15) is 39.5 Å². The normalized spacial score (nSPS) is 12.1. The number of unbranched alkanes of at least 4 members (excludes halogenated alkanes) is 2. The summed E-state index contributed by atoms with van der Waals surface area (Å²) < 4.78 is 3.72. The second-order valence-electron chi connectivity index (χ2n) is 10.1. The SMILES string of the molecule is CCCCn1c(O)c(N=Nc2nc3ccccc3nc2N=Nc2c(O)n(CCCC)c3ccccc23)c2ccccc21. The molecule has 10 heteroatoms. The minimum absolute atomic E-state index is 0.0511. The molecule has 212 valence electrons. The van der Waals surface area contributed by atoms with Crippen molar-refractivity contribution < 1.29 is 10.2 Å². The summed E-state index contributed by atoms with van der Waals surface area (Å²) in [6.45, 7) is 5.56. The van der Waals surface area contributed by atoms with Gasteiger partial charge in [0.05, 0.1) is 22.1 Å². The van der Waals surface area contributed by atoms with Gasteiger partial charge in [-0.25, -0.2) is 9.97 Å². The Morgan fingerprint density at radius 1 is 0.571 bits per heavy atom. The van der Waals surface area contributed by atoms with Crippen molar-refractivity contribution in [1.29, 1.82) is 0 Å². The van der Waals surface area contributed by atoms with Crippen LogP contribution in [0.3, 0.4) is 0 Å². The first kappa shape index (κ1) is 27.1. The third kappa shape index (κ3) is 4.96. The fraction of sp³-hybridized carbons (Fsp3) is 0.250. The van der Waals surface area contributed by atoms with Crippen LogP contribution in [-0.2, 0) is 13.1 Å². The lowest BCUT2D eigenvalue weighted by Crippen LogP contribution is -1.96. The zero-order chi connectivity index (χ0) is 29.1. The summed E-state index contributed by atoms with van der Waals surface area (Å²) in [7, 11) is 0. The molecule has 0 radical (unpaired) electrons. The Hall–Kier alpha value is -5.12. The van der Waals surface area contributed by atoms with Crippen molar-refractivity contribution in [2.24, 2.45) is 20.5 Å². The minimum atomic E-state index is 0.0511. The smallest absolute Gasteiger partial charge is 0.222 e. The number of nitrogens with zero attached hydrogens (tertiary/aromatic N) is 8. The Kier molecular flexibility index (Phi) is 7.59. The van der Waals surface area contributed by atoms with Crippen molar-refractivity contribution in [3.8, 4) is 11.8 Å². The number of hydrogen-bond acceptors (Lipinski definition) is 8. The zero-order valence-corrected chi connectivity index (χ0v) is 23.6. The van der Waals surface area contributed by atoms with Crippen molar-refractivity contribution in [3.05, 3.63) is 72.8 Å². The predicted molar refractivity (Wildman–Crippen MR) is 165 cm³/mol. The number of fused-ring (bicyclic) bond motifs is 3. The van der Waals surface area contributed by atoms with Gasteiger partial charge in [0.25, 0.3) is 0 Å². The number of benzene rings is 3. The summed E-state index contributed by atoms with van der Waals surface area (Å²) in [4.78, 5) is 9.33. The van der Waals surface area contributed by atoms with Gasteiger partial charge in [-0.2, -0.15) is 0 Å². The minimum Gasteiger partial charge on any atom is -0.493 e. The molecule has 0 aliphatic carbocycles. The molecule has 0 atom stereocenters. The van der Waals surface area contributed by atoms with E-state index in [1.54, 1.807) is 0 Å². The monoisotopic (exact) mass is 560 g/mol. The van der Waals surface area contributed by atoms with Gasteiger partial charge < -0.3 is 19.3 Å². The van der Waals surface area contributed by atoms with Crippen LogP contribution in [0, 0.1) is 0 Å². The Morgan fingerprint density at radius 2 is 0.976 bits per heavy atom. The number of rotatable bonds is 10. The highest BCUT2D eigenvalue weighted by molar-refractivity contribution is 5.96. The molecule has 3 aromatic heterocycles. The van der Waals surface area contributed by atoms with Gasteiger partial charge in [0.2, 0.25) is 23.4 Å². The van der Waals surface area contributed by atoms with Crippen molar-refractivity contribution in [2.45, 2.75) is 52.6 Å². The highest BCUT2D eigenvalue weighted by Crippen LogP contribution is 2.42. The Balaban J connectivity index is 1.45. The van der Waals surface area contributed by atoms with Gasteiger partial charge in [-0.1, -0.05) is 75.2 Å². The van der Waals surface area contributed by atoms with Crippen LogP contribution in [0.5, 0.6) is 11.8 Å². The Bertz CT molecular complexity index is 1810. The van der Waals surface area contributed by atoms with E-state index in [0.29, 0.717) is 35.5 Å². The topological polar surface area (TPSA) is 126 Å². The van der Waals surface area contributed by atoms with Crippen molar-refractivity contribution in [2.75, 3.05) is 0 Å². The maximum absolute atomic E-state index is 11.1. The van der Waals surface area contributed by atoms with Gasteiger partial charge in [-0.15, -0.1) is 20.5 Å². The van der Waals surface area contributed by atoms with E-state index in [1.807, 2.05) is 81.9 Å². The van der Waals surface area contributed by atoms with Gasteiger partial charge in [0, 0.05) is 23.9 Å². The second kappa shape index (κ2) is 11.8. The van der Waals surface area contributed by atoms with E-state index >= 15 is 0 Å². The molecule has 0 fully saturated rings. The number of hydrogen-bond donors (Lipinski definition) is 2. The predicted octanol–water partition coefficient (Wildman–Crippen LogP) is 9.38. The van der Waals surface area contributed by atoms with Gasteiger partial charge in [0.15, 0.2) is 11.4 Å². The molecule has 0 saturated carbocycles.